The van der Waals surface area contributed by atoms with Gasteiger partial charge in [0.1, 0.15) is 0 Å². The van der Waals surface area contributed by atoms with Gasteiger partial charge in [-0.05, 0) is 17.4 Å². The normalized spacial score (nSPS) is 26.1. The van der Waals surface area contributed by atoms with E-state index in [0.29, 0.717) is 11.0 Å². The summed E-state index contributed by atoms with van der Waals surface area (Å²) in [5.74, 6) is 1.50. The minimum Gasteiger partial charge on any atom is -0.393 e. The second-order valence-electron chi connectivity index (χ2n) is 5.51. The lowest BCUT2D eigenvalue weighted by Crippen LogP contribution is -2.30. The Morgan fingerprint density at radius 1 is 1.28 bits per heavy atom. The lowest BCUT2D eigenvalue weighted by molar-refractivity contribution is 0.240. The van der Waals surface area contributed by atoms with E-state index in [2.05, 4.69) is 49.1 Å². The van der Waals surface area contributed by atoms with Crippen LogP contribution < -0.4 is 5.73 Å². The van der Waals surface area contributed by atoms with Crippen LogP contribution in [0.5, 0.6) is 0 Å². The van der Waals surface area contributed by atoms with Crippen LogP contribution in [0.2, 0.25) is 0 Å². The highest BCUT2D eigenvalue weighted by atomic mass is 32.1. The molecule has 0 saturated carbocycles. The standard InChI is InChI=1S/C15H22N2S/c1-11-9-17(10-12(11)2)14(8-15(16)18)13-6-4-3-5-7-13/h3-7,11-12,14H,8-10H2,1-2H3,(H2,16,18). The Kier molecular flexibility index (Phi) is 4.36. The van der Waals surface area contributed by atoms with E-state index < -0.39 is 0 Å². The zero-order valence-electron chi connectivity index (χ0n) is 11.2. The molecule has 0 spiro atoms. The van der Waals surface area contributed by atoms with Crippen molar-refractivity contribution in [2.45, 2.75) is 26.3 Å². The Balaban J connectivity index is 2.18. The summed E-state index contributed by atoms with van der Waals surface area (Å²) in [7, 11) is 0. The fourth-order valence-corrected chi connectivity index (χ4v) is 2.91. The summed E-state index contributed by atoms with van der Waals surface area (Å²) in [6.45, 7) is 6.94. The maximum atomic E-state index is 5.77. The van der Waals surface area contributed by atoms with Crippen molar-refractivity contribution >= 4 is 17.2 Å². The summed E-state index contributed by atoms with van der Waals surface area (Å²) in [5, 5.41) is 0. The molecule has 0 aromatic heterocycles. The van der Waals surface area contributed by atoms with Crippen molar-refractivity contribution in [2.75, 3.05) is 13.1 Å². The first-order chi connectivity index (χ1) is 8.58. The van der Waals surface area contributed by atoms with E-state index >= 15 is 0 Å². The molecule has 1 fully saturated rings. The number of nitrogens with zero attached hydrogens (tertiary/aromatic N) is 1. The van der Waals surface area contributed by atoms with Gasteiger partial charge in [0.2, 0.25) is 0 Å². The predicted molar refractivity (Wildman–Crippen MR) is 80.5 cm³/mol. The molecular formula is C15H22N2S. The van der Waals surface area contributed by atoms with Crippen molar-refractivity contribution in [2.24, 2.45) is 17.6 Å². The highest BCUT2D eigenvalue weighted by molar-refractivity contribution is 7.80. The van der Waals surface area contributed by atoms with E-state index in [1.165, 1.54) is 5.56 Å². The zero-order valence-corrected chi connectivity index (χ0v) is 12.0. The first-order valence-electron chi connectivity index (χ1n) is 6.65. The molecule has 3 unspecified atom stereocenters. The second-order valence-corrected chi connectivity index (χ2v) is 6.03. The number of benzene rings is 1. The van der Waals surface area contributed by atoms with E-state index in [0.717, 1.165) is 31.3 Å². The Hall–Kier alpha value is -0.930. The number of rotatable bonds is 4. The molecule has 1 aromatic rings. The molecule has 18 heavy (non-hydrogen) atoms. The third-order valence-electron chi connectivity index (χ3n) is 4.04. The van der Waals surface area contributed by atoms with Gasteiger partial charge >= 0.3 is 0 Å². The lowest BCUT2D eigenvalue weighted by atomic mass is 10.0. The van der Waals surface area contributed by atoms with E-state index in [4.69, 9.17) is 18.0 Å². The summed E-state index contributed by atoms with van der Waals surface area (Å²) in [4.78, 5) is 3.14. The summed E-state index contributed by atoms with van der Waals surface area (Å²) in [6, 6.07) is 10.9. The van der Waals surface area contributed by atoms with Crippen LogP contribution in [-0.4, -0.2) is 23.0 Å². The topological polar surface area (TPSA) is 29.3 Å². The third kappa shape index (κ3) is 3.09. The van der Waals surface area contributed by atoms with Gasteiger partial charge in [-0.2, -0.15) is 0 Å². The maximum absolute atomic E-state index is 5.77. The van der Waals surface area contributed by atoms with Gasteiger partial charge in [-0.1, -0.05) is 56.4 Å². The predicted octanol–water partition coefficient (Wildman–Crippen LogP) is 2.99. The van der Waals surface area contributed by atoms with Crippen LogP contribution in [0.3, 0.4) is 0 Å². The van der Waals surface area contributed by atoms with Crippen LogP contribution in [0.15, 0.2) is 30.3 Å². The molecule has 1 aromatic carbocycles. The minimum atomic E-state index is 0.344. The summed E-state index contributed by atoms with van der Waals surface area (Å²) in [6.07, 6.45) is 0.777. The van der Waals surface area contributed by atoms with Gasteiger partial charge in [0.15, 0.2) is 0 Å². The Labute approximate surface area is 115 Å². The zero-order chi connectivity index (χ0) is 13.1. The summed E-state index contributed by atoms with van der Waals surface area (Å²) in [5.41, 5.74) is 7.10. The lowest BCUT2D eigenvalue weighted by Gasteiger charge is -2.28. The number of hydrogen-bond donors (Lipinski definition) is 1. The van der Waals surface area contributed by atoms with Crippen LogP contribution in [0.25, 0.3) is 0 Å². The molecule has 0 bridgehead atoms. The molecular weight excluding hydrogens is 240 g/mol. The maximum Gasteiger partial charge on any atom is 0.0746 e. The second kappa shape index (κ2) is 5.81. The number of likely N-dealkylation sites (tertiary alicyclic amines) is 1. The van der Waals surface area contributed by atoms with E-state index in [-0.39, 0.29) is 0 Å². The summed E-state index contributed by atoms with van der Waals surface area (Å²) < 4.78 is 0. The van der Waals surface area contributed by atoms with Crippen LogP contribution in [0, 0.1) is 11.8 Å². The van der Waals surface area contributed by atoms with Crippen LogP contribution >= 0.6 is 12.2 Å². The number of thiocarbonyl (C=S) groups is 1. The Bertz CT molecular complexity index is 394. The average molecular weight is 262 g/mol. The molecule has 1 aliphatic heterocycles. The number of hydrogen-bond acceptors (Lipinski definition) is 2. The molecule has 1 heterocycles. The van der Waals surface area contributed by atoms with Crippen molar-refractivity contribution in [1.29, 1.82) is 0 Å². The van der Waals surface area contributed by atoms with Gasteiger partial charge in [0.25, 0.3) is 0 Å². The number of nitrogens with two attached hydrogens (primary N) is 1. The van der Waals surface area contributed by atoms with Crippen molar-refractivity contribution in [3.63, 3.8) is 0 Å². The SMILES string of the molecule is CC1CN(C(CC(N)=S)c2ccccc2)CC1C. The highest BCUT2D eigenvalue weighted by Gasteiger charge is 2.31. The molecule has 3 heteroatoms. The largest absolute Gasteiger partial charge is 0.393 e. The van der Waals surface area contributed by atoms with Crippen LogP contribution in [-0.2, 0) is 0 Å². The quantitative estimate of drug-likeness (QED) is 0.846. The smallest absolute Gasteiger partial charge is 0.0746 e. The Morgan fingerprint density at radius 3 is 2.33 bits per heavy atom. The van der Waals surface area contributed by atoms with Gasteiger partial charge < -0.3 is 5.73 Å². The molecule has 2 nitrogen and oxygen atoms in total. The molecule has 2 N–H and O–H groups in total. The third-order valence-corrected chi connectivity index (χ3v) is 4.20. The minimum absolute atomic E-state index is 0.344. The van der Waals surface area contributed by atoms with Crippen LogP contribution in [0.4, 0.5) is 0 Å². The molecule has 0 radical (unpaired) electrons. The first kappa shape index (κ1) is 13.5. The average Bonchev–Trinajstić information content (AvgIpc) is 2.67. The van der Waals surface area contributed by atoms with Crippen molar-refractivity contribution in [3.05, 3.63) is 35.9 Å². The highest BCUT2D eigenvalue weighted by Crippen LogP contribution is 2.32. The molecule has 1 saturated heterocycles. The molecule has 2 rings (SSSR count). The van der Waals surface area contributed by atoms with Gasteiger partial charge in [0, 0.05) is 25.6 Å². The summed E-state index contributed by atoms with van der Waals surface area (Å²) >= 11 is 5.12. The first-order valence-corrected chi connectivity index (χ1v) is 7.06. The van der Waals surface area contributed by atoms with Crippen LogP contribution in [0.1, 0.15) is 31.9 Å². The van der Waals surface area contributed by atoms with E-state index in [1.807, 2.05) is 0 Å². The van der Waals surface area contributed by atoms with Crippen molar-refractivity contribution < 1.29 is 0 Å². The van der Waals surface area contributed by atoms with Gasteiger partial charge in [-0.15, -0.1) is 0 Å². The molecule has 98 valence electrons. The molecule has 0 amide bonds. The van der Waals surface area contributed by atoms with Gasteiger partial charge in [-0.3, -0.25) is 4.90 Å². The van der Waals surface area contributed by atoms with Crippen molar-refractivity contribution in [1.82, 2.24) is 4.90 Å². The fraction of sp³-hybridized carbons (Fsp3) is 0.533. The molecule has 1 aliphatic rings. The molecule has 3 atom stereocenters. The van der Waals surface area contributed by atoms with E-state index in [1.54, 1.807) is 0 Å². The van der Waals surface area contributed by atoms with E-state index in [9.17, 15) is 0 Å². The fourth-order valence-electron chi connectivity index (χ4n) is 2.75. The van der Waals surface area contributed by atoms with Crippen molar-refractivity contribution in [3.8, 4) is 0 Å². The molecule has 0 aliphatic carbocycles. The Morgan fingerprint density at radius 2 is 1.83 bits per heavy atom. The van der Waals surface area contributed by atoms with Gasteiger partial charge in [0.05, 0.1) is 4.99 Å². The van der Waals surface area contributed by atoms with Gasteiger partial charge in [-0.25, -0.2) is 0 Å². The monoisotopic (exact) mass is 262 g/mol.